The van der Waals surface area contributed by atoms with Crippen LogP contribution >= 0.6 is 11.6 Å². The molecule has 0 aliphatic carbocycles. The normalized spacial score (nSPS) is 10.5. The summed E-state index contributed by atoms with van der Waals surface area (Å²) in [4.78, 5) is 4.41. The van der Waals surface area contributed by atoms with Gasteiger partial charge in [0.1, 0.15) is 0 Å². The molecule has 0 aliphatic rings. The second kappa shape index (κ2) is 5.30. The van der Waals surface area contributed by atoms with Gasteiger partial charge in [-0.3, -0.25) is 4.98 Å². The number of aromatic nitrogens is 1. The Morgan fingerprint density at radius 2 is 2.06 bits per heavy atom. The van der Waals surface area contributed by atoms with E-state index in [2.05, 4.69) is 23.3 Å². The minimum Gasteiger partial charge on any atom is -0.314 e. The van der Waals surface area contributed by atoms with Crippen molar-refractivity contribution in [2.75, 3.05) is 7.05 Å². The standard InChI is InChI=1S/C14H15ClN2/c1-10-3-5-12(15)7-14(10)11-4-6-13(9-16-2)17-8-11/h3-8,16H,9H2,1-2H3. The van der Waals surface area contributed by atoms with Gasteiger partial charge in [0, 0.05) is 23.3 Å². The summed E-state index contributed by atoms with van der Waals surface area (Å²) in [6, 6.07) is 10.0. The molecule has 0 bridgehead atoms. The lowest BCUT2D eigenvalue weighted by Crippen LogP contribution is -2.06. The van der Waals surface area contributed by atoms with Gasteiger partial charge in [-0.2, -0.15) is 0 Å². The predicted molar refractivity (Wildman–Crippen MR) is 72.2 cm³/mol. The van der Waals surface area contributed by atoms with Crippen LogP contribution < -0.4 is 5.32 Å². The average Bonchev–Trinajstić information content (AvgIpc) is 2.34. The molecule has 1 N–H and O–H groups in total. The zero-order valence-corrected chi connectivity index (χ0v) is 10.8. The van der Waals surface area contributed by atoms with Crippen LogP contribution in [-0.4, -0.2) is 12.0 Å². The third-order valence-electron chi connectivity index (χ3n) is 2.69. The molecule has 17 heavy (non-hydrogen) atoms. The fourth-order valence-electron chi connectivity index (χ4n) is 1.77. The van der Waals surface area contributed by atoms with E-state index in [1.165, 1.54) is 5.56 Å². The number of nitrogens with zero attached hydrogens (tertiary/aromatic N) is 1. The minimum absolute atomic E-state index is 0.755. The van der Waals surface area contributed by atoms with Crippen LogP contribution in [0.1, 0.15) is 11.3 Å². The maximum atomic E-state index is 6.02. The molecule has 0 saturated heterocycles. The topological polar surface area (TPSA) is 24.9 Å². The van der Waals surface area contributed by atoms with Gasteiger partial charge in [-0.1, -0.05) is 23.7 Å². The van der Waals surface area contributed by atoms with Crippen molar-refractivity contribution in [1.29, 1.82) is 0 Å². The van der Waals surface area contributed by atoms with E-state index >= 15 is 0 Å². The first-order valence-electron chi connectivity index (χ1n) is 5.57. The number of pyridine rings is 1. The fourth-order valence-corrected chi connectivity index (χ4v) is 1.95. The van der Waals surface area contributed by atoms with Gasteiger partial charge in [-0.25, -0.2) is 0 Å². The molecule has 0 atom stereocenters. The Morgan fingerprint density at radius 1 is 1.24 bits per heavy atom. The molecule has 0 unspecified atom stereocenters. The SMILES string of the molecule is CNCc1ccc(-c2cc(Cl)ccc2C)cn1. The maximum absolute atomic E-state index is 6.02. The molecule has 0 aliphatic heterocycles. The highest BCUT2D eigenvalue weighted by atomic mass is 35.5. The first kappa shape index (κ1) is 12.1. The van der Waals surface area contributed by atoms with Gasteiger partial charge < -0.3 is 5.32 Å². The molecule has 1 aromatic carbocycles. The Labute approximate surface area is 107 Å². The van der Waals surface area contributed by atoms with E-state index in [-0.39, 0.29) is 0 Å². The molecule has 0 saturated carbocycles. The number of nitrogens with one attached hydrogen (secondary N) is 1. The second-order valence-electron chi connectivity index (χ2n) is 4.03. The Bertz CT molecular complexity index is 506. The molecule has 88 valence electrons. The number of halogens is 1. The highest BCUT2D eigenvalue weighted by molar-refractivity contribution is 6.30. The summed E-state index contributed by atoms with van der Waals surface area (Å²) in [6.07, 6.45) is 1.89. The highest BCUT2D eigenvalue weighted by Gasteiger charge is 2.03. The monoisotopic (exact) mass is 246 g/mol. The number of hydrogen-bond donors (Lipinski definition) is 1. The number of benzene rings is 1. The second-order valence-corrected chi connectivity index (χ2v) is 4.46. The van der Waals surface area contributed by atoms with Crippen molar-refractivity contribution in [1.82, 2.24) is 10.3 Å². The highest BCUT2D eigenvalue weighted by Crippen LogP contribution is 2.25. The van der Waals surface area contributed by atoms with Crippen molar-refractivity contribution in [2.24, 2.45) is 0 Å². The number of aryl methyl sites for hydroxylation is 1. The molecule has 0 amide bonds. The van der Waals surface area contributed by atoms with E-state index in [1.54, 1.807) is 0 Å². The van der Waals surface area contributed by atoms with Gasteiger partial charge in [0.05, 0.1) is 5.69 Å². The number of hydrogen-bond acceptors (Lipinski definition) is 2. The maximum Gasteiger partial charge on any atom is 0.0542 e. The predicted octanol–water partition coefficient (Wildman–Crippen LogP) is 3.43. The fraction of sp³-hybridized carbons (Fsp3) is 0.214. The van der Waals surface area contributed by atoms with Crippen LogP contribution in [0.25, 0.3) is 11.1 Å². The molecule has 2 nitrogen and oxygen atoms in total. The summed E-state index contributed by atoms with van der Waals surface area (Å²) >= 11 is 6.02. The van der Waals surface area contributed by atoms with Gasteiger partial charge in [0.15, 0.2) is 0 Å². The molecule has 2 rings (SSSR count). The lowest BCUT2D eigenvalue weighted by Gasteiger charge is -2.07. The van der Waals surface area contributed by atoms with Crippen molar-refractivity contribution >= 4 is 11.6 Å². The first-order chi connectivity index (χ1) is 8.20. The van der Waals surface area contributed by atoms with E-state index in [1.807, 2.05) is 37.5 Å². The molecular weight excluding hydrogens is 232 g/mol. The van der Waals surface area contributed by atoms with Gasteiger partial charge >= 0.3 is 0 Å². The van der Waals surface area contributed by atoms with Crippen molar-refractivity contribution < 1.29 is 0 Å². The van der Waals surface area contributed by atoms with Gasteiger partial charge in [-0.15, -0.1) is 0 Å². The molecule has 2 aromatic rings. The smallest absolute Gasteiger partial charge is 0.0542 e. The van der Waals surface area contributed by atoms with Gasteiger partial charge in [-0.05, 0) is 43.3 Å². The van der Waals surface area contributed by atoms with Crippen molar-refractivity contribution in [3.8, 4) is 11.1 Å². The molecule has 0 fully saturated rings. The van der Waals surface area contributed by atoms with Crippen LogP contribution in [0.4, 0.5) is 0 Å². The summed E-state index contributed by atoms with van der Waals surface area (Å²) in [6.45, 7) is 2.86. The van der Waals surface area contributed by atoms with Crippen LogP contribution in [0.3, 0.4) is 0 Å². The van der Waals surface area contributed by atoms with Crippen LogP contribution in [0.5, 0.6) is 0 Å². The zero-order valence-electron chi connectivity index (χ0n) is 10.00. The van der Waals surface area contributed by atoms with Crippen molar-refractivity contribution in [2.45, 2.75) is 13.5 Å². The van der Waals surface area contributed by atoms with Gasteiger partial charge in [0.2, 0.25) is 0 Å². The minimum atomic E-state index is 0.755. The third kappa shape index (κ3) is 2.84. The molecule has 1 aromatic heterocycles. The lowest BCUT2D eigenvalue weighted by molar-refractivity contribution is 0.791. The summed E-state index contributed by atoms with van der Waals surface area (Å²) in [5.74, 6) is 0. The zero-order chi connectivity index (χ0) is 12.3. The lowest BCUT2D eigenvalue weighted by atomic mass is 10.0. The van der Waals surface area contributed by atoms with Gasteiger partial charge in [0.25, 0.3) is 0 Å². The first-order valence-corrected chi connectivity index (χ1v) is 5.94. The average molecular weight is 247 g/mol. The van der Waals surface area contributed by atoms with E-state index in [4.69, 9.17) is 11.6 Å². The summed E-state index contributed by atoms with van der Waals surface area (Å²) < 4.78 is 0. The molecular formula is C14H15ClN2. The third-order valence-corrected chi connectivity index (χ3v) is 2.93. The Balaban J connectivity index is 2.36. The molecule has 0 spiro atoms. The summed E-state index contributed by atoms with van der Waals surface area (Å²) in [7, 11) is 1.91. The largest absolute Gasteiger partial charge is 0.314 e. The van der Waals surface area contributed by atoms with Crippen LogP contribution in [0.15, 0.2) is 36.5 Å². The summed E-state index contributed by atoms with van der Waals surface area (Å²) in [5.41, 5.74) is 4.49. The van der Waals surface area contributed by atoms with E-state index < -0.39 is 0 Å². The number of rotatable bonds is 3. The Hall–Kier alpha value is -1.38. The van der Waals surface area contributed by atoms with Crippen LogP contribution in [0, 0.1) is 6.92 Å². The Morgan fingerprint density at radius 3 is 2.71 bits per heavy atom. The van der Waals surface area contributed by atoms with Crippen LogP contribution in [-0.2, 0) is 6.54 Å². The van der Waals surface area contributed by atoms with Crippen molar-refractivity contribution in [3.63, 3.8) is 0 Å². The quantitative estimate of drug-likeness (QED) is 0.898. The van der Waals surface area contributed by atoms with Crippen molar-refractivity contribution in [3.05, 3.63) is 52.8 Å². The molecule has 0 radical (unpaired) electrons. The van der Waals surface area contributed by atoms with Crippen LogP contribution in [0.2, 0.25) is 5.02 Å². The summed E-state index contributed by atoms with van der Waals surface area (Å²) in [5, 5.41) is 3.83. The molecule has 3 heteroatoms. The van der Waals surface area contributed by atoms with E-state index in [0.717, 1.165) is 28.4 Å². The molecule has 1 heterocycles. The van der Waals surface area contributed by atoms with E-state index in [9.17, 15) is 0 Å². The Kier molecular flexibility index (Phi) is 3.77. The van der Waals surface area contributed by atoms with E-state index in [0.29, 0.717) is 0 Å².